The molecule has 7 heteroatoms. The number of hydrogen-bond donors (Lipinski definition) is 2. The van der Waals surface area contributed by atoms with Crippen molar-refractivity contribution in [2.75, 3.05) is 12.4 Å². The Hall–Kier alpha value is -3.48. The van der Waals surface area contributed by atoms with Crippen LogP contribution in [0.4, 0.5) is 16.0 Å². The van der Waals surface area contributed by atoms with Gasteiger partial charge in [0.05, 0.1) is 12.7 Å². The van der Waals surface area contributed by atoms with Crippen molar-refractivity contribution >= 4 is 17.5 Å². The average Bonchev–Trinajstić information content (AvgIpc) is 2.68. The van der Waals surface area contributed by atoms with E-state index in [1.165, 1.54) is 24.5 Å². The van der Waals surface area contributed by atoms with E-state index in [-0.39, 0.29) is 11.7 Å². The first-order chi connectivity index (χ1) is 12.7. The zero-order valence-corrected chi connectivity index (χ0v) is 14.1. The quantitative estimate of drug-likeness (QED) is 0.712. The maximum absolute atomic E-state index is 12.9. The second kappa shape index (κ2) is 8.06. The Balaban J connectivity index is 1.60. The van der Waals surface area contributed by atoms with E-state index in [2.05, 4.69) is 20.6 Å². The monoisotopic (exact) mass is 352 g/mol. The molecule has 0 fully saturated rings. The fraction of sp³-hybridized carbons (Fsp3) is 0.105. The smallest absolute Gasteiger partial charge is 0.254 e. The lowest BCUT2D eigenvalue weighted by Crippen LogP contribution is -2.23. The van der Waals surface area contributed by atoms with Crippen LogP contribution in [-0.2, 0) is 6.54 Å². The van der Waals surface area contributed by atoms with Gasteiger partial charge in [-0.05, 0) is 30.3 Å². The molecule has 0 radical (unpaired) electrons. The largest absolute Gasteiger partial charge is 0.496 e. The summed E-state index contributed by atoms with van der Waals surface area (Å²) < 4.78 is 18.2. The fourth-order valence-electron chi connectivity index (χ4n) is 2.30. The third kappa shape index (κ3) is 4.32. The van der Waals surface area contributed by atoms with Gasteiger partial charge in [-0.2, -0.15) is 0 Å². The van der Waals surface area contributed by atoms with Crippen molar-refractivity contribution in [2.45, 2.75) is 6.54 Å². The molecule has 26 heavy (non-hydrogen) atoms. The summed E-state index contributed by atoms with van der Waals surface area (Å²) in [5.41, 5.74) is 1.86. The number of hydrogen-bond acceptors (Lipinski definition) is 5. The van der Waals surface area contributed by atoms with E-state index >= 15 is 0 Å². The van der Waals surface area contributed by atoms with Gasteiger partial charge in [0, 0.05) is 30.2 Å². The van der Waals surface area contributed by atoms with E-state index in [1.54, 1.807) is 19.2 Å². The van der Waals surface area contributed by atoms with E-state index < -0.39 is 0 Å². The fourth-order valence-corrected chi connectivity index (χ4v) is 2.30. The van der Waals surface area contributed by atoms with Gasteiger partial charge in [-0.1, -0.05) is 18.2 Å². The Labute approximate surface area is 150 Å². The third-order valence-corrected chi connectivity index (χ3v) is 3.65. The zero-order chi connectivity index (χ0) is 18.4. The molecule has 1 aromatic heterocycles. The van der Waals surface area contributed by atoms with Gasteiger partial charge in [0.15, 0.2) is 0 Å². The molecule has 3 aromatic rings. The molecule has 2 aromatic carbocycles. The van der Waals surface area contributed by atoms with Crippen molar-refractivity contribution in [1.82, 2.24) is 15.3 Å². The van der Waals surface area contributed by atoms with Crippen LogP contribution < -0.4 is 15.4 Å². The number of para-hydroxylation sites is 1. The van der Waals surface area contributed by atoms with Crippen LogP contribution in [0.5, 0.6) is 5.75 Å². The highest BCUT2D eigenvalue weighted by Gasteiger charge is 2.09. The van der Waals surface area contributed by atoms with E-state index in [4.69, 9.17) is 4.74 Å². The number of halogens is 1. The van der Waals surface area contributed by atoms with E-state index in [0.717, 1.165) is 5.56 Å². The molecule has 0 spiro atoms. The zero-order valence-electron chi connectivity index (χ0n) is 14.1. The second-order valence-corrected chi connectivity index (χ2v) is 5.42. The maximum atomic E-state index is 12.9. The Morgan fingerprint density at radius 2 is 1.77 bits per heavy atom. The van der Waals surface area contributed by atoms with Crippen molar-refractivity contribution < 1.29 is 13.9 Å². The lowest BCUT2D eigenvalue weighted by atomic mass is 10.2. The molecule has 0 aliphatic heterocycles. The van der Waals surface area contributed by atoms with Crippen LogP contribution in [0, 0.1) is 5.82 Å². The highest BCUT2D eigenvalue weighted by atomic mass is 19.1. The number of aromatic nitrogens is 2. The van der Waals surface area contributed by atoms with Crippen molar-refractivity contribution in [3.63, 3.8) is 0 Å². The molecular weight excluding hydrogens is 335 g/mol. The summed E-state index contributed by atoms with van der Waals surface area (Å²) in [4.78, 5) is 20.4. The number of anilines is 2. The number of nitrogens with zero attached hydrogens (tertiary/aromatic N) is 2. The highest BCUT2D eigenvalue weighted by Crippen LogP contribution is 2.17. The molecule has 6 nitrogen and oxygen atoms in total. The second-order valence-electron chi connectivity index (χ2n) is 5.42. The molecule has 3 rings (SSSR count). The summed E-state index contributed by atoms with van der Waals surface area (Å²) in [6, 6.07) is 13.3. The molecule has 0 saturated carbocycles. The third-order valence-electron chi connectivity index (χ3n) is 3.65. The normalized spacial score (nSPS) is 10.2. The molecule has 0 bridgehead atoms. The molecule has 1 amide bonds. The predicted octanol–water partition coefficient (Wildman–Crippen LogP) is 3.30. The van der Waals surface area contributed by atoms with Crippen LogP contribution in [0.1, 0.15) is 15.9 Å². The molecule has 2 N–H and O–H groups in total. The molecule has 0 saturated heterocycles. The summed E-state index contributed by atoms with van der Waals surface area (Å²) in [5.74, 6) is 0.420. The highest BCUT2D eigenvalue weighted by molar-refractivity contribution is 5.93. The topological polar surface area (TPSA) is 76.1 Å². The summed E-state index contributed by atoms with van der Waals surface area (Å²) in [7, 11) is 1.58. The van der Waals surface area contributed by atoms with Crippen molar-refractivity contribution in [3.05, 3.63) is 77.9 Å². The van der Waals surface area contributed by atoms with Crippen molar-refractivity contribution in [2.24, 2.45) is 0 Å². The molecule has 0 aliphatic carbocycles. The maximum Gasteiger partial charge on any atom is 0.254 e. The van der Waals surface area contributed by atoms with Crippen LogP contribution in [0.2, 0.25) is 0 Å². The van der Waals surface area contributed by atoms with Gasteiger partial charge in [-0.15, -0.1) is 0 Å². The Morgan fingerprint density at radius 3 is 2.46 bits per heavy atom. The minimum atomic E-state index is -0.321. The standard InChI is InChI=1S/C19H17FN4O2/c1-26-17-5-3-2-4-13(17)10-21-18(25)14-11-22-19(23-12-14)24-16-8-6-15(20)7-9-16/h2-9,11-12H,10H2,1H3,(H,21,25)(H,22,23,24). The Bertz CT molecular complexity index is 883. The number of amides is 1. The van der Waals surface area contributed by atoms with Crippen molar-refractivity contribution in [1.29, 1.82) is 0 Å². The van der Waals surface area contributed by atoms with Gasteiger partial charge in [0.2, 0.25) is 5.95 Å². The van der Waals surface area contributed by atoms with Gasteiger partial charge in [-0.25, -0.2) is 14.4 Å². The van der Waals surface area contributed by atoms with Crippen LogP contribution in [0.25, 0.3) is 0 Å². The number of methoxy groups -OCH3 is 1. The minimum absolute atomic E-state index is 0.288. The van der Waals surface area contributed by atoms with Crippen molar-refractivity contribution in [3.8, 4) is 5.75 Å². The van der Waals surface area contributed by atoms with Gasteiger partial charge in [-0.3, -0.25) is 4.79 Å². The van der Waals surface area contributed by atoms with Gasteiger partial charge in [0.25, 0.3) is 5.91 Å². The number of ether oxygens (including phenoxy) is 1. The molecule has 132 valence electrons. The Morgan fingerprint density at radius 1 is 1.08 bits per heavy atom. The molecule has 1 heterocycles. The van der Waals surface area contributed by atoms with Gasteiger partial charge >= 0.3 is 0 Å². The predicted molar refractivity (Wildman–Crippen MR) is 95.9 cm³/mol. The Kier molecular flexibility index (Phi) is 5.38. The first kappa shape index (κ1) is 17.3. The summed E-state index contributed by atoms with van der Waals surface area (Å²) in [5, 5.41) is 5.74. The summed E-state index contributed by atoms with van der Waals surface area (Å²) >= 11 is 0. The van der Waals surface area contributed by atoms with Crippen LogP contribution in [-0.4, -0.2) is 23.0 Å². The van der Waals surface area contributed by atoms with Crippen LogP contribution >= 0.6 is 0 Å². The first-order valence-corrected chi connectivity index (χ1v) is 7.90. The summed E-state index contributed by atoms with van der Waals surface area (Å²) in [6.07, 6.45) is 2.85. The van der Waals surface area contributed by atoms with E-state index in [1.807, 2.05) is 24.3 Å². The lowest BCUT2D eigenvalue weighted by Gasteiger charge is -2.09. The number of rotatable bonds is 6. The molecule has 0 unspecified atom stereocenters. The average molecular weight is 352 g/mol. The number of carbonyl (C=O) groups is 1. The van der Waals surface area contributed by atoms with Gasteiger partial charge < -0.3 is 15.4 Å². The van der Waals surface area contributed by atoms with Crippen LogP contribution in [0.3, 0.4) is 0 Å². The summed E-state index contributed by atoms with van der Waals surface area (Å²) in [6.45, 7) is 0.332. The van der Waals surface area contributed by atoms with Crippen LogP contribution in [0.15, 0.2) is 60.9 Å². The van der Waals surface area contributed by atoms with E-state index in [9.17, 15) is 9.18 Å². The van der Waals surface area contributed by atoms with E-state index in [0.29, 0.717) is 29.5 Å². The first-order valence-electron chi connectivity index (χ1n) is 7.90. The SMILES string of the molecule is COc1ccccc1CNC(=O)c1cnc(Nc2ccc(F)cc2)nc1. The number of carbonyl (C=O) groups excluding carboxylic acids is 1. The lowest BCUT2D eigenvalue weighted by molar-refractivity contribution is 0.0950. The van der Waals surface area contributed by atoms with Gasteiger partial charge in [0.1, 0.15) is 11.6 Å². The molecule has 0 aliphatic rings. The molecule has 0 atom stereocenters. The molecular formula is C19H17FN4O2. The minimum Gasteiger partial charge on any atom is -0.496 e. The number of nitrogens with one attached hydrogen (secondary N) is 2. The number of benzene rings is 2.